The highest BCUT2D eigenvalue weighted by molar-refractivity contribution is 7.98. The van der Waals surface area contributed by atoms with Gasteiger partial charge < -0.3 is 25.4 Å². The highest BCUT2D eigenvalue weighted by Gasteiger charge is 2.34. The van der Waals surface area contributed by atoms with Gasteiger partial charge in [0.1, 0.15) is 17.7 Å². The smallest absolute Gasteiger partial charge is 0.408 e. The Labute approximate surface area is 189 Å². The molecule has 0 bridgehead atoms. The maximum atomic E-state index is 13.0. The zero-order valence-electron chi connectivity index (χ0n) is 19.4. The van der Waals surface area contributed by atoms with Gasteiger partial charge >= 0.3 is 12.1 Å². The lowest BCUT2D eigenvalue weighted by Gasteiger charge is -2.34. The zero-order chi connectivity index (χ0) is 23.8. The van der Waals surface area contributed by atoms with Crippen LogP contribution in [0.15, 0.2) is 0 Å². The fourth-order valence-electron chi connectivity index (χ4n) is 3.31. The van der Waals surface area contributed by atoms with Crippen LogP contribution in [0.1, 0.15) is 53.9 Å². The van der Waals surface area contributed by atoms with E-state index in [4.69, 9.17) is 4.74 Å². The SMILES string of the molecule is CSCCC(NC(=O)OC(C)(C)C)C(=O)N1CCC(C(=O)NC(C(=O)O)C(C)C)CC1. The summed E-state index contributed by atoms with van der Waals surface area (Å²) in [6, 6.07) is -1.62. The van der Waals surface area contributed by atoms with Crippen molar-refractivity contribution in [3.63, 3.8) is 0 Å². The minimum Gasteiger partial charge on any atom is -0.480 e. The molecule has 0 aliphatic carbocycles. The summed E-state index contributed by atoms with van der Waals surface area (Å²) in [5.41, 5.74) is -0.660. The summed E-state index contributed by atoms with van der Waals surface area (Å²) < 4.78 is 5.28. The van der Waals surface area contributed by atoms with Gasteiger partial charge in [-0.2, -0.15) is 11.8 Å². The Morgan fingerprint density at radius 2 is 1.71 bits per heavy atom. The molecule has 1 aliphatic rings. The molecule has 3 N–H and O–H groups in total. The third kappa shape index (κ3) is 9.37. The van der Waals surface area contributed by atoms with Gasteiger partial charge in [-0.15, -0.1) is 0 Å². The molecule has 1 heterocycles. The second kappa shape index (κ2) is 12.2. The van der Waals surface area contributed by atoms with E-state index < -0.39 is 29.7 Å². The maximum Gasteiger partial charge on any atom is 0.408 e. The molecule has 1 rings (SSSR count). The molecule has 9 nitrogen and oxygen atoms in total. The van der Waals surface area contributed by atoms with E-state index in [1.54, 1.807) is 51.3 Å². The molecule has 0 aromatic carbocycles. The number of rotatable bonds is 9. The van der Waals surface area contributed by atoms with E-state index in [2.05, 4.69) is 10.6 Å². The number of ether oxygens (including phenoxy) is 1. The molecule has 1 aliphatic heterocycles. The average Bonchev–Trinajstić information content (AvgIpc) is 2.66. The molecule has 2 unspecified atom stereocenters. The van der Waals surface area contributed by atoms with Crippen LogP contribution in [-0.4, -0.2) is 76.7 Å². The third-order valence-electron chi connectivity index (χ3n) is 5.01. The van der Waals surface area contributed by atoms with Crippen molar-refractivity contribution in [1.29, 1.82) is 0 Å². The molecule has 178 valence electrons. The molecule has 10 heteroatoms. The van der Waals surface area contributed by atoms with E-state index in [1.165, 1.54) is 0 Å². The quantitative estimate of drug-likeness (QED) is 0.482. The van der Waals surface area contributed by atoms with Gasteiger partial charge in [-0.3, -0.25) is 9.59 Å². The van der Waals surface area contributed by atoms with E-state index in [0.29, 0.717) is 38.1 Å². The van der Waals surface area contributed by atoms with Crippen LogP contribution >= 0.6 is 11.8 Å². The van der Waals surface area contributed by atoms with E-state index in [1.807, 2.05) is 6.26 Å². The number of amides is 3. The summed E-state index contributed by atoms with van der Waals surface area (Å²) in [5.74, 6) is -1.40. The van der Waals surface area contributed by atoms with E-state index in [0.717, 1.165) is 0 Å². The number of carboxylic acid groups (broad SMARTS) is 1. The lowest BCUT2D eigenvalue weighted by atomic mass is 9.94. The summed E-state index contributed by atoms with van der Waals surface area (Å²) in [5, 5.41) is 14.6. The number of hydrogen-bond donors (Lipinski definition) is 3. The predicted molar refractivity (Wildman–Crippen MR) is 120 cm³/mol. The largest absolute Gasteiger partial charge is 0.480 e. The number of piperidine rings is 1. The number of nitrogens with one attached hydrogen (secondary N) is 2. The molecular weight excluding hydrogens is 422 g/mol. The van der Waals surface area contributed by atoms with Crippen LogP contribution < -0.4 is 10.6 Å². The fourth-order valence-corrected chi connectivity index (χ4v) is 3.78. The lowest BCUT2D eigenvalue weighted by molar-refractivity contribution is -0.144. The first-order valence-corrected chi connectivity index (χ1v) is 12.1. The first-order chi connectivity index (χ1) is 14.4. The van der Waals surface area contributed by atoms with Gasteiger partial charge in [-0.25, -0.2) is 9.59 Å². The van der Waals surface area contributed by atoms with Crippen molar-refractivity contribution in [1.82, 2.24) is 15.5 Å². The molecule has 0 aromatic rings. The summed E-state index contributed by atoms with van der Waals surface area (Å²) in [4.78, 5) is 50.6. The van der Waals surface area contributed by atoms with Gasteiger partial charge in [0.25, 0.3) is 0 Å². The molecule has 1 fully saturated rings. The van der Waals surface area contributed by atoms with Crippen LogP contribution in [0.4, 0.5) is 4.79 Å². The van der Waals surface area contributed by atoms with Gasteiger partial charge in [0.15, 0.2) is 0 Å². The number of likely N-dealkylation sites (tertiary alicyclic amines) is 1. The topological polar surface area (TPSA) is 125 Å². The van der Waals surface area contributed by atoms with Crippen molar-refractivity contribution in [3.8, 4) is 0 Å². The number of aliphatic carboxylic acids is 1. The Hall–Kier alpha value is -1.97. The van der Waals surface area contributed by atoms with Gasteiger partial charge in [-0.1, -0.05) is 13.8 Å². The minimum absolute atomic E-state index is 0.190. The predicted octanol–water partition coefficient (Wildman–Crippen LogP) is 2.10. The van der Waals surface area contributed by atoms with Crippen molar-refractivity contribution >= 4 is 35.6 Å². The summed E-state index contributed by atoms with van der Waals surface area (Å²) in [7, 11) is 0. The first-order valence-electron chi connectivity index (χ1n) is 10.7. The second-order valence-corrected chi connectivity index (χ2v) is 10.1. The van der Waals surface area contributed by atoms with Gasteiger partial charge in [0, 0.05) is 19.0 Å². The Balaban J connectivity index is 2.68. The normalized spacial score (nSPS) is 17.1. The standard InChI is InChI=1S/C21H37N3O6S/c1-13(2)16(19(27)28)23-17(25)14-7-10-24(11-8-14)18(26)15(9-12-31-6)22-20(29)30-21(3,4)5/h13-16H,7-12H2,1-6H3,(H,22,29)(H,23,25)(H,27,28). The summed E-state index contributed by atoms with van der Waals surface area (Å²) >= 11 is 1.59. The number of nitrogens with zero attached hydrogens (tertiary/aromatic N) is 1. The Morgan fingerprint density at radius 1 is 1.13 bits per heavy atom. The third-order valence-corrected chi connectivity index (χ3v) is 5.65. The number of carbonyl (C=O) groups is 4. The molecular formula is C21H37N3O6S. The van der Waals surface area contributed by atoms with Crippen LogP contribution in [0, 0.1) is 11.8 Å². The van der Waals surface area contributed by atoms with Crippen LogP contribution in [0.5, 0.6) is 0 Å². The monoisotopic (exact) mass is 459 g/mol. The Bertz CT molecular complexity index is 642. The van der Waals surface area contributed by atoms with Gasteiger partial charge in [-0.05, 0) is 58.0 Å². The second-order valence-electron chi connectivity index (χ2n) is 9.15. The van der Waals surface area contributed by atoms with Crippen molar-refractivity contribution in [2.45, 2.75) is 71.6 Å². The van der Waals surface area contributed by atoms with Crippen LogP contribution in [-0.2, 0) is 19.1 Å². The first kappa shape index (κ1) is 27.1. The molecule has 0 spiro atoms. The van der Waals surface area contributed by atoms with Crippen molar-refractivity contribution in [2.24, 2.45) is 11.8 Å². The highest BCUT2D eigenvalue weighted by Crippen LogP contribution is 2.20. The number of thioether (sulfide) groups is 1. The molecule has 1 saturated heterocycles. The van der Waals surface area contributed by atoms with Gasteiger partial charge in [0.2, 0.25) is 11.8 Å². The van der Waals surface area contributed by atoms with E-state index in [-0.39, 0.29) is 23.7 Å². The molecule has 0 aromatic heterocycles. The number of hydrogen-bond acceptors (Lipinski definition) is 6. The van der Waals surface area contributed by atoms with Crippen LogP contribution in [0.2, 0.25) is 0 Å². The van der Waals surface area contributed by atoms with E-state index >= 15 is 0 Å². The van der Waals surface area contributed by atoms with Crippen molar-refractivity contribution < 1.29 is 29.0 Å². The molecule has 0 radical (unpaired) electrons. The Morgan fingerprint density at radius 3 is 2.16 bits per heavy atom. The molecule has 2 atom stereocenters. The van der Waals surface area contributed by atoms with E-state index in [9.17, 15) is 24.3 Å². The fraction of sp³-hybridized carbons (Fsp3) is 0.810. The van der Waals surface area contributed by atoms with Crippen LogP contribution in [0.3, 0.4) is 0 Å². The lowest BCUT2D eigenvalue weighted by Crippen LogP contribution is -2.53. The summed E-state index contributed by atoms with van der Waals surface area (Å²) in [6.45, 7) is 9.52. The average molecular weight is 460 g/mol. The van der Waals surface area contributed by atoms with Crippen LogP contribution in [0.25, 0.3) is 0 Å². The highest BCUT2D eigenvalue weighted by atomic mass is 32.2. The Kier molecular flexibility index (Phi) is 10.6. The van der Waals surface area contributed by atoms with Gasteiger partial charge in [0.05, 0.1) is 0 Å². The van der Waals surface area contributed by atoms with Crippen molar-refractivity contribution in [2.75, 3.05) is 25.1 Å². The molecule has 3 amide bonds. The minimum atomic E-state index is -1.05. The number of carboxylic acids is 1. The number of carbonyl (C=O) groups excluding carboxylic acids is 3. The summed E-state index contributed by atoms with van der Waals surface area (Å²) in [6.07, 6.45) is 2.68. The molecule has 0 saturated carbocycles. The van der Waals surface area contributed by atoms with Crippen molar-refractivity contribution in [3.05, 3.63) is 0 Å². The maximum absolute atomic E-state index is 13.0. The number of alkyl carbamates (subject to hydrolysis) is 1. The molecule has 31 heavy (non-hydrogen) atoms. The zero-order valence-corrected chi connectivity index (χ0v) is 20.2.